The van der Waals surface area contributed by atoms with E-state index in [4.69, 9.17) is 4.42 Å². The summed E-state index contributed by atoms with van der Waals surface area (Å²) in [5.41, 5.74) is 2.62. The molecule has 0 aliphatic carbocycles. The smallest absolute Gasteiger partial charge is 0.349 e. The number of nitrogens with one attached hydrogen (secondary N) is 1. The van der Waals surface area contributed by atoms with Crippen molar-refractivity contribution >= 4 is 38.9 Å². The third-order valence-electron chi connectivity index (χ3n) is 4.98. The molecule has 9 heteroatoms. The van der Waals surface area contributed by atoms with Crippen LogP contribution in [0.25, 0.3) is 22.1 Å². The van der Waals surface area contributed by atoms with Gasteiger partial charge in [0.25, 0.3) is 11.6 Å². The minimum absolute atomic E-state index is 0.128. The summed E-state index contributed by atoms with van der Waals surface area (Å²) in [7, 11) is 0. The highest BCUT2D eigenvalue weighted by molar-refractivity contribution is 7.15. The molecule has 0 atom stereocenters. The molecule has 2 heterocycles. The summed E-state index contributed by atoms with van der Waals surface area (Å²) < 4.78 is 5.15. The Morgan fingerprint density at radius 3 is 2.66 bits per heavy atom. The quantitative estimate of drug-likeness (QED) is 0.262. The van der Waals surface area contributed by atoms with Crippen LogP contribution in [0.1, 0.15) is 27.0 Å². The molecule has 4 aromatic rings. The molecule has 0 fully saturated rings. The minimum atomic E-state index is -0.881. The highest BCUT2D eigenvalue weighted by atomic mass is 32.1. The Bertz CT molecular complexity index is 1510. The topological polar surface area (TPSA) is 126 Å². The van der Waals surface area contributed by atoms with Gasteiger partial charge in [0.05, 0.1) is 10.5 Å². The first-order chi connectivity index (χ1) is 15.3. The average molecular weight is 445 g/mol. The van der Waals surface area contributed by atoms with Gasteiger partial charge in [-0.1, -0.05) is 23.8 Å². The lowest BCUT2D eigenvalue weighted by atomic mass is 9.98. The molecule has 2 aromatic carbocycles. The molecule has 8 nitrogen and oxygen atoms in total. The van der Waals surface area contributed by atoms with Crippen LogP contribution in [0, 0.1) is 35.3 Å². The van der Waals surface area contributed by atoms with Crippen LogP contribution in [0.5, 0.6) is 0 Å². The van der Waals surface area contributed by atoms with Gasteiger partial charge >= 0.3 is 5.63 Å². The largest absolute Gasteiger partial charge is 0.422 e. The molecule has 2 aromatic heterocycles. The molecule has 1 N–H and O–H groups in total. The lowest BCUT2D eigenvalue weighted by molar-refractivity contribution is -0.384. The summed E-state index contributed by atoms with van der Waals surface area (Å²) in [5, 5.41) is 25.7. The monoisotopic (exact) mass is 445 g/mol. The Hall–Kier alpha value is -4.29. The number of thiophene rings is 1. The molecule has 158 valence electrons. The number of nitro groups is 1. The average Bonchev–Trinajstić information content (AvgIpc) is 3.16. The van der Waals surface area contributed by atoms with E-state index in [1.165, 1.54) is 35.6 Å². The summed E-state index contributed by atoms with van der Waals surface area (Å²) in [6.07, 6.45) is 0. The van der Waals surface area contributed by atoms with Crippen LogP contribution >= 0.6 is 11.3 Å². The van der Waals surface area contributed by atoms with E-state index in [1.807, 2.05) is 32.0 Å². The van der Waals surface area contributed by atoms with Gasteiger partial charge in [0.1, 0.15) is 22.2 Å². The van der Waals surface area contributed by atoms with E-state index in [9.17, 15) is 25.0 Å². The number of rotatable bonds is 4. The molecule has 0 aliphatic rings. The summed E-state index contributed by atoms with van der Waals surface area (Å²) in [4.78, 5) is 35.6. The maximum Gasteiger partial charge on any atom is 0.349 e. The van der Waals surface area contributed by atoms with E-state index in [0.29, 0.717) is 10.6 Å². The van der Waals surface area contributed by atoms with Gasteiger partial charge in [0.2, 0.25) is 0 Å². The van der Waals surface area contributed by atoms with Crippen molar-refractivity contribution in [1.82, 2.24) is 0 Å². The molecule has 1 amide bonds. The van der Waals surface area contributed by atoms with Crippen molar-refractivity contribution in [2.75, 3.05) is 5.32 Å². The van der Waals surface area contributed by atoms with Gasteiger partial charge < -0.3 is 9.73 Å². The molecule has 0 unspecified atom stereocenters. The second-order valence-corrected chi connectivity index (χ2v) is 8.04. The first kappa shape index (κ1) is 21.0. The lowest BCUT2D eigenvalue weighted by Gasteiger charge is -2.07. The fourth-order valence-corrected chi connectivity index (χ4v) is 4.24. The summed E-state index contributed by atoms with van der Waals surface area (Å²) in [5.74, 6) is -0.766. The van der Waals surface area contributed by atoms with Gasteiger partial charge in [-0.05, 0) is 37.1 Å². The van der Waals surface area contributed by atoms with Crippen LogP contribution in [0.15, 0.2) is 57.1 Å². The predicted octanol–water partition coefficient (Wildman–Crippen LogP) is 5.17. The van der Waals surface area contributed by atoms with Crippen LogP contribution < -0.4 is 10.9 Å². The van der Waals surface area contributed by atoms with Gasteiger partial charge in [-0.25, -0.2) is 4.79 Å². The maximum absolute atomic E-state index is 12.8. The van der Waals surface area contributed by atoms with E-state index in [1.54, 1.807) is 5.38 Å². The van der Waals surface area contributed by atoms with Gasteiger partial charge in [0.15, 0.2) is 0 Å². The van der Waals surface area contributed by atoms with Gasteiger partial charge in [0, 0.05) is 28.5 Å². The SMILES string of the molecule is Cc1ccc(C)c(-c2csc(NC(=O)c3cc4cc([N+](=O)[O-])ccc4oc3=O)c2C#N)c1. The number of nitro benzene ring substituents is 1. The predicted molar refractivity (Wildman–Crippen MR) is 121 cm³/mol. The number of benzene rings is 2. The number of anilines is 1. The Morgan fingerprint density at radius 2 is 1.94 bits per heavy atom. The van der Waals surface area contributed by atoms with Gasteiger partial charge in [-0.15, -0.1) is 11.3 Å². The van der Waals surface area contributed by atoms with Crippen molar-refractivity contribution in [1.29, 1.82) is 5.26 Å². The number of amides is 1. The third-order valence-corrected chi connectivity index (χ3v) is 5.88. The lowest BCUT2D eigenvalue weighted by Crippen LogP contribution is -2.20. The van der Waals surface area contributed by atoms with Gasteiger partial charge in [-0.2, -0.15) is 5.26 Å². The zero-order chi connectivity index (χ0) is 23.0. The first-order valence-electron chi connectivity index (χ1n) is 9.41. The second kappa shape index (κ2) is 8.09. The van der Waals surface area contributed by atoms with E-state index in [0.717, 1.165) is 16.7 Å². The minimum Gasteiger partial charge on any atom is -0.422 e. The summed E-state index contributed by atoms with van der Waals surface area (Å²) in [6, 6.07) is 13.0. The number of non-ortho nitro benzene ring substituents is 1. The fraction of sp³-hybridized carbons (Fsp3) is 0.0870. The van der Waals surface area contributed by atoms with E-state index >= 15 is 0 Å². The molecule has 32 heavy (non-hydrogen) atoms. The van der Waals surface area contributed by atoms with E-state index in [2.05, 4.69) is 11.4 Å². The molecule has 0 saturated heterocycles. The third kappa shape index (κ3) is 3.75. The van der Waals surface area contributed by atoms with Crippen LogP contribution in [-0.4, -0.2) is 10.8 Å². The van der Waals surface area contributed by atoms with Crippen LogP contribution in [-0.2, 0) is 0 Å². The van der Waals surface area contributed by atoms with Gasteiger partial charge in [-0.3, -0.25) is 14.9 Å². The number of nitriles is 1. The van der Waals surface area contributed by atoms with Crippen molar-refractivity contribution < 1.29 is 14.1 Å². The van der Waals surface area contributed by atoms with Crippen molar-refractivity contribution in [3.63, 3.8) is 0 Å². The van der Waals surface area contributed by atoms with Crippen LogP contribution in [0.3, 0.4) is 0 Å². The number of fused-ring (bicyclic) bond motifs is 1. The van der Waals surface area contributed by atoms with Crippen LogP contribution in [0.4, 0.5) is 10.7 Å². The first-order valence-corrected chi connectivity index (χ1v) is 10.3. The van der Waals surface area contributed by atoms with E-state index in [-0.39, 0.29) is 27.8 Å². The van der Waals surface area contributed by atoms with E-state index < -0.39 is 16.5 Å². The molecule has 0 saturated carbocycles. The number of hydrogen-bond acceptors (Lipinski definition) is 7. The Kier molecular flexibility index (Phi) is 5.30. The normalized spacial score (nSPS) is 10.7. The van der Waals surface area contributed by atoms with Crippen molar-refractivity contribution in [2.24, 2.45) is 0 Å². The van der Waals surface area contributed by atoms with Crippen molar-refractivity contribution in [3.05, 3.63) is 90.6 Å². The summed E-state index contributed by atoms with van der Waals surface area (Å²) >= 11 is 1.17. The molecular weight excluding hydrogens is 430 g/mol. The Balaban J connectivity index is 1.72. The second-order valence-electron chi connectivity index (χ2n) is 7.16. The Morgan fingerprint density at radius 1 is 1.16 bits per heavy atom. The molecule has 4 rings (SSSR count). The van der Waals surface area contributed by atoms with Crippen LogP contribution in [0.2, 0.25) is 0 Å². The zero-order valence-electron chi connectivity index (χ0n) is 17.0. The highest BCUT2D eigenvalue weighted by Gasteiger charge is 2.20. The zero-order valence-corrected chi connectivity index (χ0v) is 17.8. The molecular formula is C23H15N3O5S. The Labute approximate surface area is 185 Å². The summed E-state index contributed by atoms with van der Waals surface area (Å²) in [6.45, 7) is 3.89. The molecule has 0 spiro atoms. The number of carbonyl (C=O) groups is 1. The number of aryl methyl sites for hydroxylation is 2. The standard InChI is InChI=1S/C23H15N3O5S/c1-12-3-4-13(2)16(7-12)19-11-32-22(18(19)10-24)25-21(27)17-9-14-8-15(26(29)30)5-6-20(14)31-23(17)28/h3-9,11H,1-2H3,(H,25,27). The highest BCUT2D eigenvalue weighted by Crippen LogP contribution is 2.37. The number of hydrogen-bond donors (Lipinski definition) is 1. The number of carbonyl (C=O) groups excluding carboxylic acids is 1. The fourth-order valence-electron chi connectivity index (χ4n) is 3.34. The number of nitrogens with zero attached hydrogens (tertiary/aromatic N) is 2. The molecule has 0 aliphatic heterocycles. The van der Waals surface area contributed by atoms with Crippen molar-refractivity contribution in [2.45, 2.75) is 13.8 Å². The maximum atomic E-state index is 12.8. The van der Waals surface area contributed by atoms with Crippen molar-refractivity contribution in [3.8, 4) is 17.2 Å². The molecule has 0 radical (unpaired) electrons. The molecule has 0 bridgehead atoms.